The van der Waals surface area contributed by atoms with Crippen LogP contribution in [0.25, 0.3) is 11.1 Å². The Kier molecular flexibility index (Phi) is 2.75. The zero-order valence-electron chi connectivity index (χ0n) is 11.7. The van der Waals surface area contributed by atoms with E-state index >= 15 is 0 Å². The monoisotopic (exact) mass is 271 g/mol. The first-order valence-corrected chi connectivity index (χ1v) is 6.55. The predicted molar refractivity (Wildman–Crippen MR) is 77.6 cm³/mol. The minimum Gasteiger partial charge on any atom is -0.257 e. The third-order valence-electron chi connectivity index (χ3n) is 4.06. The molecule has 0 radical (unpaired) electrons. The smallest absolute Gasteiger partial charge is 0.126 e. The van der Waals surface area contributed by atoms with Gasteiger partial charge in [-0.25, -0.2) is 8.78 Å². The molecule has 0 N–H and O–H groups in total. The van der Waals surface area contributed by atoms with Crippen LogP contribution in [0.1, 0.15) is 26.3 Å². The first kappa shape index (κ1) is 13.0. The molecule has 0 amide bonds. The van der Waals surface area contributed by atoms with Gasteiger partial charge in [0.2, 0.25) is 0 Å². The maximum atomic E-state index is 13.3. The second-order valence-electron chi connectivity index (χ2n) is 5.71. The molecule has 0 atom stereocenters. The average Bonchev–Trinajstić information content (AvgIpc) is 2.59. The van der Waals surface area contributed by atoms with Gasteiger partial charge in [-0.1, -0.05) is 19.9 Å². The quantitative estimate of drug-likeness (QED) is 0.691. The van der Waals surface area contributed by atoms with Crippen LogP contribution in [0.15, 0.2) is 41.4 Å². The van der Waals surface area contributed by atoms with Crippen molar-refractivity contribution in [3.8, 4) is 11.1 Å². The predicted octanol–water partition coefficient (Wildman–Crippen LogP) is 5.02. The number of hydrogen-bond donors (Lipinski definition) is 0. The Labute approximate surface area is 117 Å². The number of rotatable bonds is 1. The van der Waals surface area contributed by atoms with Crippen molar-refractivity contribution in [3.05, 3.63) is 53.6 Å². The maximum absolute atomic E-state index is 13.3. The van der Waals surface area contributed by atoms with Crippen molar-refractivity contribution in [2.45, 2.75) is 26.2 Å². The molecule has 0 fully saturated rings. The molecule has 0 unspecified atom stereocenters. The molecule has 102 valence electrons. The van der Waals surface area contributed by atoms with E-state index < -0.39 is 11.6 Å². The van der Waals surface area contributed by atoms with Gasteiger partial charge in [0.1, 0.15) is 11.6 Å². The fraction of sp³-hybridized carbons (Fsp3) is 0.235. The lowest BCUT2D eigenvalue weighted by molar-refractivity contribution is 0.584. The average molecular weight is 271 g/mol. The molecule has 3 rings (SSSR count). The van der Waals surface area contributed by atoms with E-state index in [1.54, 1.807) is 0 Å². The Hall–Kier alpha value is -2.03. The minimum atomic E-state index is -0.563. The summed E-state index contributed by atoms with van der Waals surface area (Å²) in [6.45, 7) is 6.21. The van der Waals surface area contributed by atoms with Crippen LogP contribution in [-0.2, 0) is 5.41 Å². The highest BCUT2D eigenvalue weighted by Gasteiger charge is 2.32. The highest BCUT2D eigenvalue weighted by atomic mass is 19.1. The zero-order chi connectivity index (χ0) is 14.5. The van der Waals surface area contributed by atoms with E-state index in [0.717, 1.165) is 28.6 Å². The van der Waals surface area contributed by atoms with Crippen molar-refractivity contribution in [1.82, 2.24) is 0 Å². The Morgan fingerprint density at radius 2 is 1.55 bits per heavy atom. The van der Waals surface area contributed by atoms with Crippen LogP contribution < -0.4 is 0 Å². The second kappa shape index (κ2) is 4.23. The van der Waals surface area contributed by atoms with Crippen LogP contribution in [0.5, 0.6) is 0 Å². The summed E-state index contributed by atoms with van der Waals surface area (Å²) in [5, 5.41) is 0. The summed E-state index contributed by atoms with van der Waals surface area (Å²) < 4.78 is 26.7. The molecule has 3 heteroatoms. The third-order valence-corrected chi connectivity index (χ3v) is 4.06. The largest absolute Gasteiger partial charge is 0.257 e. The van der Waals surface area contributed by atoms with Crippen molar-refractivity contribution in [2.24, 2.45) is 4.99 Å². The van der Waals surface area contributed by atoms with Crippen molar-refractivity contribution < 1.29 is 8.78 Å². The van der Waals surface area contributed by atoms with Crippen LogP contribution in [0.2, 0.25) is 0 Å². The summed E-state index contributed by atoms with van der Waals surface area (Å²) in [5.74, 6) is -1.13. The number of aliphatic imine (C=N–C) groups is 1. The van der Waals surface area contributed by atoms with Gasteiger partial charge in [-0.3, -0.25) is 4.99 Å². The highest BCUT2D eigenvalue weighted by molar-refractivity contribution is 6.00. The van der Waals surface area contributed by atoms with Gasteiger partial charge in [-0.15, -0.1) is 0 Å². The molecule has 0 spiro atoms. The van der Waals surface area contributed by atoms with E-state index in [2.05, 4.69) is 18.8 Å². The van der Waals surface area contributed by atoms with Gasteiger partial charge >= 0.3 is 0 Å². The molecule has 1 aliphatic rings. The Morgan fingerprint density at radius 3 is 2.20 bits per heavy atom. The topological polar surface area (TPSA) is 12.4 Å². The van der Waals surface area contributed by atoms with Crippen molar-refractivity contribution in [3.63, 3.8) is 0 Å². The standard InChI is InChI=1S/C17H15F2N/c1-10-17(2,3)15-8-11(4-5-16(15)20-10)12-6-13(18)9-14(19)7-12/h4-9H,1-3H3. The molecule has 20 heavy (non-hydrogen) atoms. The summed E-state index contributed by atoms with van der Waals surface area (Å²) >= 11 is 0. The van der Waals surface area contributed by atoms with E-state index in [9.17, 15) is 8.78 Å². The Morgan fingerprint density at radius 1 is 0.900 bits per heavy atom. The van der Waals surface area contributed by atoms with Gasteiger partial charge in [0, 0.05) is 17.2 Å². The van der Waals surface area contributed by atoms with Gasteiger partial charge in [0.25, 0.3) is 0 Å². The molecule has 2 aromatic carbocycles. The zero-order valence-corrected chi connectivity index (χ0v) is 11.7. The molecule has 1 heterocycles. The lowest BCUT2D eigenvalue weighted by Gasteiger charge is -2.20. The lowest BCUT2D eigenvalue weighted by atomic mass is 9.81. The summed E-state index contributed by atoms with van der Waals surface area (Å²) in [6.07, 6.45) is 0. The van der Waals surface area contributed by atoms with Crippen molar-refractivity contribution in [1.29, 1.82) is 0 Å². The number of nitrogens with zero attached hydrogens (tertiary/aromatic N) is 1. The molecule has 0 saturated carbocycles. The Bertz CT molecular complexity index is 710. The van der Waals surface area contributed by atoms with Crippen LogP contribution in [-0.4, -0.2) is 5.71 Å². The van der Waals surface area contributed by atoms with E-state index in [0.29, 0.717) is 5.56 Å². The number of hydrogen-bond acceptors (Lipinski definition) is 1. The van der Waals surface area contributed by atoms with E-state index in [4.69, 9.17) is 0 Å². The first-order chi connectivity index (χ1) is 9.38. The van der Waals surface area contributed by atoms with Crippen LogP contribution in [0, 0.1) is 11.6 Å². The fourth-order valence-corrected chi connectivity index (χ4v) is 2.55. The first-order valence-electron chi connectivity index (χ1n) is 6.55. The second-order valence-corrected chi connectivity index (χ2v) is 5.71. The van der Waals surface area contributed by atoms with Crippen LogP contribution in [0.3, 0.4) is 0 Å². The van der Waals surface area contributed by atoms with E-state index in [1.165, 1.54) is 12.1 Å². The van der Waals surface area contributed by atoms with Gasteiger partial charge in [0.05, 0.1) is 5.69 Å². The van der Waals surface area contributed by atoms with Crippen molar-refractivity contribution >= 4 is 11.4 Å². The molecule has 0 bridgehead atoms. The summed E-state index contributed by atoms with van der Waals surface area (Å²) in [7, 11) is 0. The van der Waals surface area contributed by atoms with Gasteiger partial charge in [0.15, 0.2) is 0 Å². The van der Waals surface area contributed by atoms with Gasteiger partial charge in [-0.2, -0.15) is 0 Å². The molecular formula is C17H15F2N. The summed E-state index contributed by atoms with van der Waals surface area (Å²) in [5.41, 5.74) is 4.29. The molecule has 1 aliphatic heterocycles. The van der Waals surface area contributed by atoms with E-state index in [1.807, 2.05) is 25.1 Å². The maximum Gasteiger partial charge on any atom is 0.126 e. The molecule has 0 saturated heterocycles. The van der Waals surface area contributed by atoms with Crippen LogP contribution >= 0.6 is 0 Å². The molecule has 0 aromatic heterocycles. The molecule has 2 aromatic rings. The molecule has 0 aliphatic carbocycles. The van der Waals surface area contributed by atoms with Gasteiger partial charge in [-0.05, 0) is 47.9 Å². The SMILES string of the molecule is CC1=Nc2ccc(-c3cc(F)cc(F)c3)cc2C1(C)C. The van der Waals surface area contributed by atoms with Crippen LogP contribution in [0.4, 0.5) is 14.5 Å². The Balaban J connectivity index is 2.14. The normalized spacial score (nSPS) is 15.9. The van der Waals surface area contributed by atoms with Gasteiger partial charge < -0.3 is 0 Å². The number of benzene rings is 2. The molecule has 1 nitrogen and oxygen atoms in total. The highest BCUT2D eigenvalue weighted by Crippen LogP contribution is 2.41. The summed E-state index contributed by atoms with van der Waals surface area (Å²) in [4.78, 5) is 4.54. The van der Waals surface area contributed by atoms with Crippen molar-refractivity contribution in [2.75, 3.05) is 0 Å². The fourth-order valence-electron chi connectivity index (χ4n) is 2.55. The third kappa shape index (κ3) is 1.94. The lowest BCUT2D eigenvalue weighted by Crippen LogP contribution is -2.22. The molecular weight excluding hydrogens is 256 g/mol. The summed E-state index contributed by atoms with van der Waals surface area (Å²) in [6, 6.07) is 9.31. The van der Waals surface area contributed by atoms with E-state index in [-0.39, 0.29) is 5.41 Å². The number of fused-ring (bicyclic) bond motifs is 1. The minimum absolute atomic E-state index is 0.142. The number of halogens is 2.